The molecule has 1 aromatic rings. The molecule has 1 saturated heterocycles. The van der Waals surface area contributed by atoms with Crippen LogP contribution in [-0.2, 0) is 9.59 Å². The summed E-state index contributed by atoms with van der Waals surface area (Å²) < 4.78 is 0. The van der Waals surface area contributed by atoms with E-state index in [1.54, 1.807) is 34.1 Å². The highest BCUT2D eigenvalue weighted by Crippen LogP contribution is 2.32. The van der Waals surface area contributed by atoms with Crippen LogP contribution in [0.2, 0.25) is 5.02 Å². The summed E-state index contributed by atoms with van der Waals surface area (Å²) in [4.78, 5) is 28.5. The quantitative estimate of drug-likeness (QED) is 0.839. The summed E-state index contributed by atoms with van der Waals surface area (Å²) in [5.41, 5.74) is 0.768. The standard InChI is InChI=1S/C16H19ClN2O3/c17-11-1-3-12(4-2-11)18-8-7-14(15(18)21)16(22)19(9-10-20)13-5-6-13/h1-4,13-14,20H,5-10H2. The van der Waals surface area contributed by atoms with Gasteiger partial charge in [-0.3, -0.25) is 9.59 Å². The van der Waals surface area contributed by atoms with Crippen LogP contribution in [0.15, 0.2) is 24.3 Å². The van der Waals surface area contributed by atoms with Crippen molar-refractivity contribution in [1.82, 2.24) is 4.90 Å². The predicted molar refractivity (Wildman–Crippen MR) is 83.7 cm³/mol. The molecule has 5 nitrogen and oxygen atoms in total. The maximum atomic E-state index is 12.6. The molecule has 1 saturated carbocycles. The number of anilines is 1. The molecule has 3 rings (SSSR count). The third kappa shape index (κ3) is 2.96. The first-order chi connectivity index (χ1) is 10.6. The second-order valence-electron chi connectivity index (χ2n) is 5.79. The fourth-order valence-corrected chi connectivity index (χ4v) is 3.08. The van der Waals surface area contributed by atoms with E-state index in [-0.39, 0.29) is 24.5 Å². The summed E-state index contributed by atoms with van der Waals surface area (Å²) in [7, 11) is 0. The Morgan fingerprint density at radius 3 is 2.55 bits per heavy atom. The molecule has 0 radical (unpaired) electrons. The summed E-state index contributed by atoms with van der Waals surface area (Å²) in [5, 5.41) is 9.74. The van der Waals surface area contributed by atoms with Gasteiger partial charge in [0.1, 0.15) is 5.92 Å². The number of nitrogens with zero attached hydrogens (tertiary/aromatic N) is 2. The van der Waals surface area contributed by atoms with Crippen LogP contribution in [0.4, 0.5) is 5.69 Å². The van der Waals surface area contributed by atoms with E-state index in [1.807, 2.05) is 0 Å². The van der Waals surface area contributed by atoms with Crippen molar-refractivity contribution in [3.8, 4) is 0 Å². The van der Waals surface area contributed by atoms with Crippen molar-refractivity contribution in [2.75, 3.05) is 24.6 Å². The van der Waals surface area contributed by atoms with Gasteiger partial charge in [-0.2, -0.15) is 0 Å². The van der Waals surface area contributed by atoms with E-state index < -0.39 is 5.92 Å². The fraction of sp³-hybridized carbons (Fsp3) is 0.500. The largest absolute Gasteiger partial charge is 0.395 e. The van der Waals surface area contributed by atoms with E-state index in [1.165, 1.54) is 0 Å². The molecule has 2 fully saturated rings. The molecule has 2 aliphatic rings. The number of hydrogen-bond donors (Lipinski definition) is 1. The number of aliphatic hydroxyl groups is 1. The lowest BCUT2D eigenvalue weighted by molar-refractivity contribution is -0.140. The van der Waals surface area contributed by atoms with Crippen LogP contribution >= 0.6 is 11.6 Å². The van der Waals surface area contributed by atoms with E-state index >= 15 is 0 Å². The van der Waals surface area contributed by atoms with Crippen LogP contribution in [0.1, 0.15) is 19.3 Å². The van der Waals surface area contributed by atoms with Crippen molar-refractivity contribution in [3.63, 3.8) is 0 Å². The highest BCUT2D eigenvalue weighted by molar-refractivity contribution is 6.30. The minimum atomic E-state index is -0.622. The molecule has 1 aliphatic carbocycles. The number of benzene rings is 1. The summed E-state index contributed by atoms with van der Waals surface area (Å²) in [5.74, 6) is -0.920. The summed E-state index contributed by atoms with van der Waals surface area (Å²) in [6, 6.07) is 7.26. The zero-order chi connectivity index (χ0) is 15.7. The zero-order valence-electron chi connectivity index (χ0n) is 12.2. The lowest BCUT2D eigenvalue weighted by Crippen LogP contribution is -2.42. The molecular weight excluding hydrogens is 304 g/mol. The molecule has 2 amide bonds. The number of carbonyl (C=O) groups is 2. The highest BCUT2D eigenvalue weighted by atomic mass is 35.5. The summed E-state index contributed by atoms with van der Waals surface area (Å²) >= 11 is 5.86. The van der Waals surface area contributed by atoms with Crippen molar-refractivity contribution in [2.24, 2.45) is 5.92 Å². The zero-order valence-corrected chi connectivity index (χ0v) is 13.0. The van der Waals surface area contributed by atoms with Crippen LogP contribution < -0.4 is 4.90 Å². The summed E-state index contributed by atoms with van der Waals surface area (Å²) in [6.07, 6.45) is 2.45. The van der Waals surface area contributed by atoms with Gasteiger partial charge in [-0.25, -0.2) is 0 Å². The molecule has 1 aromatic carbocycles. The van der Waals surface area contributed by atoms with Gasteiger partial charge in [0.05, 0.1) is 6.61 Å². The minimum absolute atomic E-state index is 0.0654. The van der Waals surface area contributed by atoms with E-state index in [2.05, 4.69) is 0 Å². The number of amides is 2. The van der Waals surface area contributed by atoms with Gasteiger partial charge < -0.3 is 14.9 Å². The molecular formula is C16H19ClN2O3. The predicted octanol–water partition coefficient (Wildman–Crippen LogP) is 1.68. The van der Waals surface area contributed by atoms with Gasteiger partial charge in [-0.05, 0) is 43.5 Å². The van der Waals surface area contributed by atoms with Gasteiger partial charge in [0.2, 0.25) is 11.8 Å². The molecule has 1 aliphatic heterocycles. The highest BCUT2D eigenvalue weighted by Gasteiger charge is 2.43. The Kier molecular flexibility index (Phi) is 4.36. The number of hydrogen-bond acceptors (Lipinski definition) is 3. The van der Waals surface area contributed by atoms with Gasteiger partial charge in [0.15, 0.2) is 0 Å². The van der Waals surface area contributed by atoms with E-state index in [0.717, 1.165) is 18.5 Å². The Morgan fingerprint density at radius 1 is 1.27 bits per heavy atom. The molecule has 1 atom stereocenters. The Bertz CT molecular complexity index is 571. The molecule has 22 heavy (non-hydrogen) atoms. The van der Waals surface area contributed by atoms with Crippen LogP contribution in [0, 0.1) is 5.92 Å². The van der Waals surface area contributed by atoms with Crippen LogP contribution in [0.3, 0.4) is 0 Å². The van der Waals surface area contributed by atoms with Gasteiger partial charge in [-0.15, -0.1) is 0 Å². The van der Waals surface area contributed by atoms with Crippen molar-refractivity contribution >= 4 is 29.1 Å². The number of rotatable bonds is 5. The first kappa shape index (κ1) is 15.3. The van der Waals surface area contributed by atoms with E-state index in [4.69, 9.17) is 16.7 Å². The van der Waals surface area contributed by atoms with Gasteiger partial charge in [-0.1, -0.05) is 11.6 Å². The average molecular weight is 323 g/mol. The molecule has 118 valence electrons. The molecule has 1 heterocycles. The monoisotopic (exact) mass is 322 g/mol. The SMILES string of the molecule is O=C1C(C(=O)N(CCO)C2CC2)CCN1c1ccc(Cl)cc1. The number of carbonyl (C=O) groups excluding carboxylic acids is 2. The molecule has 1 N–H and O–H groups in total. The molecule has 0 spiro atoms. The maximum Gasteiger partial charge on any atom is 0.239 e. The van der Waals surface area contributed by atoms with Gasteiger partial charge in [0, 0.05) is 29.8 Å². The Balaban J connectivity index is 1.72. The van der Waals surface area contributed by atoms with Gasteiger partial charge >= 0.3 is 0 Å². The number of aliphatic hydroxyl groups excluding tert-OH is 1. The molecule has 1 unspecified atom stereocenters. The average Bonchev–Trinajstić information content (AvgIpc) is 3.28. The van der Waals surface area contributed by atoms with Crippen LogP contribution in [-0.4, -0.2) is 47.6 Å². The minimum Gasteiger partial charge on any atom is -0.395 e. The fourth-order valence-electron chi connectivity index (χ4n) is 2.95. The van der Waals surface area contributed by atoms with Gasteiger partial charge in [0.25, 0.3) is 0 Å². The first-order valence-corrected chi connectivity index (χ1v) is 7.98. The second-order valence-corrected chi connectivity index (χ2v) is 6.23. The van der Waals surface area contributed by atoms with Crippen molar-refractivity contribution in [3.05, 3.63) is 29.3 Å². The molecule has 6 heteroatoms. The lowest BCUT2D eigenvalue weighted by atomic mass is 10.1. The van der Waals surface area contributed by atoms with Crippen LogP contribution in [0.25, 0.3) is 0 Å². The van der Waals surface area contributed by atoms with Crippen molar-refractivity contribution in [1.29, 1.82) is 0 Å². The second kappa shape index (κ2) is 6.26. The third-order valence-corrected chi connectivity index (χ3v) is 4.51. The van der Waals surface area contributed by atoms with Crippen molar-refractivity contribution < 1.29 is 14.7 Å². The van der Waals surface area contributed by atoms with Crippen LogP contribution in [0.5, 0.6) is 0 Å². The van der Waals surface area contributed by atoms with E-state index in [0.29, 0.717) is 24.5 Å². The number of halogens is 1. The molecule has 0 aromatic heterocycles. The summed E-state index contributed by atoms with van der Waals surface area (Å²) in [6.45, 7) is 0.785. The normalized spacial score (nSPS) is 21.3. The van der Waals surface area contributed by atoms with E-state index in [9.17, 15) is 9.59 Å². The Labute approximate surface area is 134 Å². The Hall–Kier alpha value is -1.59. The topological polar surface area (TPSA) is 60.9 Å². The maximum absolute atomic E-state index is 12.6. The first-order valence-electron chi connectivity index (χ1n) is 7.60. The third-order valence-electron chi connectivity index (χ3n) is 4.25. The van der Waals surface area contributed by atoms with Crippen molar-refractivity contribution in [2.45, 2.75) is 25.3 Å². The smallest absolute Gasteiger partial charge is 0.239 e. The lowest BCUT2D eigenvalue weighted by Gasteiger charge is -2.24. The Morgan fingerprint density at radius 2 is 1.95 bits per heavy atom. The molecule has 0 bridgehead atoms.